The maximum atomic E-state index is 5.96. The van der Waals surface area contributed by atoms with Gasteiger partial charge >= 0.3 is 0 Å². The molecule has 1 fully saturated rings. The quantitative estimate of drug-likeness (QED) is 0.920. The minimum Gasteiger partial charge on any atom is -0.356 e. The molecular formula is C17H27N3. The number of aryl methyl sites for hydroxylation is 2. The second-order valence-corrected chi connectivity index (χ2v) is 6.79. The van der Waals surface area contributed by atoms with Gasteiger partial charge in [-0.05, 0) is 49.1 Å². The summed E-state index contributed by atoms with van der Waals surface area (Å²) in [6.07, 6.45) is 7.40. The summed E-state index contributed by atoms with van der Waals surface area (Å²) in [5.41, 5.74) is 10.5. The summed E-state index contributed by atoms with van der Waals surface area (Å²) < 4.78 is 0. The van der Waals surface area contributed by atoms with Crippen molar-refractivity contribution in [1.82, 2.24) is 4.98 Å². The number of piperidine rings is 1. The van der Waals surface area contributed by atoms with Crippen molar-refractivity contribution >= 4 is 5.82 Å². The molecule has 3 nitrogen and oxygen atoms in total. The van der Waals surface area contributed by atoms with Crippen LogP contribution in [0.15, 0.2) is 6.07 Å². The van der Waals surface area contributed by atoms with Crippen LogP contribution >= 0.6 is 0 Å². The van der Waals surface area contributed by atoms with Gasteiger partial charge in [0.05, 0.1) is 0 Å². The highest BCUT2D eigenvalue weighted by Gasteiger charge is 2.30. The van der Waals surface area contributed by atoms with E-state index in [-0.39, 0.29) is 0 Å². The summed E-state index contributed by atoms with van der Waals surface area (Å²) in [5.74, 6) is 1.17. The summed E-state index contributed by atoms with van der Waals surface area (Å²) in [6.45, 7) is 7.60. The van der Waals surface area contributed by atoms with E-state index < -0.39 is 0 Å². The Morgan fingerprint density at radius 3 is 2.70 bits per heavy atom. The van der Waals surface area contributed by atoms with Gasteiger partial charge in [-0.3, -0.25) is 0 Å². The van der Waals surface area contributed by atoms with E-state index in [0.717, 1.165) is 19.5 Å². The number of anilines is 1. The van der Waals surface area contributed by atoms with Crippen molar-refractivity contribution in [3.8, 4) is 0 Å². The van der Waals surface area contributed by atoms with Crippen molar-refractivity contribution in [3.05, 3.63) is 22.9 Å². The first-order valence-electron chi connectivity index (χ1n) is 8.12. The van der Waals surface area contributed by atoms with Crippen molar-refractivity contribution in [1.29, 1.82) is 0 Å². The van der Waals surface area contributed by atoms with Crippen LogP contribution in [0.4, 0.5) is 5.82 Å². The summed E-state index contributed by atoms with van der Waals surface area (Å²) in [4.78, 5) is 7.44. The van der Waals surface area contributed by atoms with Crippen LogP contribution in [0.3, 0.4) is 0 Å². The van der Waals surface area contributed by atoms with Crippen LogP contribution in [0, 0.1) is 5.41 Å². The Labute approximate surface area is 122 Å². The van der Waals surface area contributed by atoms with Crippen molar-refractivity contribution in [2.24, 2.45) is 11.1 Å². The molecular weight excluding hydrogens is 246 g/mol. The van der Waals surface area contributed by atoms with Crippen LogP contribution in [-0.2, 0) is 19.4 Å². The standard InChI is InChI=1S/C17H27N3/c1-3-17(2)7-9-20(10-8-17)16-14(12-18)11-13-5-4-6-15(13)19-16/h11H,3-10,12,18H2,1-2H3. The van der Waals surface area contributed by atoms with E-state index in [1.807, 2.05) is 0 Å². The lowest BCUT2D eigenvalue weighted by Gasteiger charge is -2.40. The molecule has 20 heavy (non-hydrogen) atoms. The molecule has 0 bridgehead atoms. The summed E-state index contributed by atoms with van der Waals surface area (Å²) in [7, 11) is 0. The van der Waals surface area contributed by atoms with Crippen molar-refractivity contribution in [3.63, 3.8) is 0 Å². The lowest BCUT2D eigenvalue weighted by molar-refractivity contribution is 0.237. The lowest BCUT2D eigenvalue weighted by atomic mass is 9.78. The van der Waals surface area contributed by atoms with Crippen LogP contribution in [0.2, 0.25) is 0 Å². The molecule has 110 valence electrons. The third-order valence-corrected chi connectivity index (χ3v) is 5.45. The third kappa shape index (κ3) is 2.44. The van der Waals surface area contributed by atoms with Gasteiger partial charge in [-0.2, -0.15) is 0 Å². The predicted molar refractivity (Wildman–Crippen MR) is 84.0 cm³/mol. The van der Waals surface area contributed by atoms with E-state index in [9.17, 15) is 0 Å². The van der Waals surface area contributed by atoms with E-state index >= 15 is 0 Å². The molecule has 2 aliphatic rings. The number of hydrogen-bond donors (Lipinski definition) is 1. The monoisotopic (exact) mass is 273 g/mol. The minimum absolute atomic E-state index is 0.524. The van der Waals surface area contributed by atoms with Gasteiger partial charge in [0, 0.05) is 30.9 Å². The van der Waals surface area contributed by atoms with Crippen molar-refractivity contribution < 1.29 is 0 Å². The van der Waals surface area contributed by atoms with E-state index in [1.54, 1.807) is 0 Å². The molecule has 1 aromatic heterocycles. The Bertz CT molecular complexity index is 487. The molecule has 2 N–H and O–H groups in total. The topological polar surface area (TPSA) is 42.2 Å². The highest BCUT2D eigenvalue weighted by Crippen LogP contribution is 2.36. The van der Waals surface area contributed by atoms with Gasteiger partial charge in [0.1, 0.15) is 5.82 Å². The summed E-state index contributed by atoms with van der Waals surface area (Å²) in [5, 5.41) is 0. The number of fused-ring (bicyclic) bond motifs is 1. The number of rotatable bonds is 3. The van der Waals surface area contributed by atoms with Crippen LogP contribution in [0.25, 0.3) is 0 Å². The average Bonchev–Trinajstić information content (AvgIpc) is 2.94. The third-order valence-electron chi connectivity index (χ3n) is 5.45. The fraction of sp³-hybridized carbons (Fsp3) is 0.706. The number of pyridine rings is 1. The molecule has 1 aromatic rings. The first kappa shape index (κ1) is 13.9. The first-order chi connectivity index (χ1) is 9.65. The SMILES string of the molecule is CCC1(C)CCN(c2nc3c(cc2CN)CCC3)CC1. The van der Waals surface area contributed by atoms with E-state index in [2.05, 4.69) is 24.8 Å². The number of hydrogen-bond acceptors (Lipinski definition) is 3. The molecule has 2 heterocycles. The Morgan fingerprint density at radius 1 is 1.30 bits per heavy atom. The van der Waals surface area contributed by atoms with E-state index in [1.165, 1.54) is 54.7 Å². The minimum atomic E-state index is 0.524. The van der Waals surface area contributed by atoms with Crippen LogP contribution in [-0.4, -0.2) is 18.1 Å². The maximum Gasteiger partial charge on any atom is 0.133 e. The largest absolute Gasteiger partial charge is 0.356 e. The fourth-order valence-electron chi connectivity index (χ4n) is 3.54. The Kier molecular flexibility index (Phi) is 3.72. The Morgan fingerprint density at radius 2 is 2.05 bits per heavy atom. The lowest BCUT2D eigenvalue weighted by Crippen LogP contribution is -2.39. The fourth-order valence-corrected chi connectivity index (χ4v) is 3.54. The van der Waals surface area contributed by atoms with E-state index in [4.69, 9.17) is 10.7 Å². The zero-order valence-electron chi connectivity index (χ0n) is 12.9. The highest BCUT2D eigenvalue weighted by molar-refractivity contribution is 5.51. The van der Waals surface area contributed by atoms with Gasteiger partial charge in [0.15, 0.2) is 0 Å². The normalized spacial score (nSPS) is 21.1. The Hall–Kier alpha value is -1.09. The summed E-state index contributed by atoms with van der Waals surface area (Å²) in [6, 6.07) is 2.32. The number of nitrogens with zero attached hydrogens (tertiary/aromatic N) is 2. The second-order valence-electron chi connectivity index (χ2n) is 6.79. The molecule has 0 spiro atoms. The Balaban J connectivity index is 1.84. The first-order valence-corrected chi connectivity index (χ1v) is 8.12. The van der Waals surface area contributed by atoms with Gasteiger partial charge in [0.25, 0.3) is 0 Å². The molecule has 0 radical (unpaired) electrons. The van der Waals surface area contributed by atoms with Gasteiger partial charge in [-0.15, -0.1) is 0 Å². The van der Waals surface area contributed by atoms with Gasteiger partial charge in [-0.25, -0.2) is 4.98 Å². The van der Waals surface area contributed by atoms with Crippen LogP contribution in [0.5, 0.6) is 0 Å². The second kappa shape index (κ2) is 5.36. The molecule has 0 amide bonds. The van der Waals surface area contributed by atoms with Crippen molar-refractivity contribution in [2.75, 3.05) is 18.0 Å². The molecule has 0 unspecified atom stereocenters. The zero-order chi connectivity index (χ0) is 14.2. The molecule has 3 heteroatoms. The van der Waals surface area contributed by atoms with E-state index in [0.29, 0.717) is 12.0 Å². The van der Waals surface area contributed by atoms with Gasteiger partial charge in [0.2, 0.25) is 0 Å². The average molecular weight is 273 g/mol. The van der Waals surface area contributed by atoms with Gasteiger partial charge < -0.3 is 10.6 Å². The smallest absolute Gasteiger partial charge is 0.133 e. The van der Waals surface area contributed by atoms with Crippen molar-refractivity contribution in [2.45, 2.75) is 58.9 Å². The molecule has 1 aliphatic heterocycles. The summed E-state index contributed by atoms with van der Waals surface area (Å²) >= 11 is 0. The molecule has 1 saturated heterocycles. The van der Waals surface area contributed by atoms with Crippen LogP contribution in [0.1, 0.15) is 56.4 Å². The molecule has 1 aliphatic carbocycles. The zero-order valence-corrected chi connectivity index (χ0v) is 12.9. The highest BCUT2D eigenvalue weighted by atomic mass is 15.2. The molecule has 0 saturated carbocycles. The molecule has 0 aromatic carbocycles. The predicted octanol–water partition coefficient (Wildman–Crippen LogP) is 3.05. The van der Waals surface area contributed by atoms with Crippen LogP contribution < -0.4 is 10.6 Å². The number of nitrogens with two attached hydrogens (primary N) is 1. The number of aromatic nitrogens is 1. The maximum absolute atomic E-state index is 5.96. The molecule has 3 rings (SSSR count). The van der Waals surface area contributed by atoms with Gasteiger partial charge in [-0.1, -0.05) is 20.3 Å². The molecule has 0 atom stereocenters.